The fourth-order valence-corrected chi connectivity index (χ4v) is 12.2. The van der Waals surface area contributed by atoms with Crippen molar-refractivity contribution in [2.24, 2.45) is 11.8 Å². The molecule has 9 rings (SSSR count). The zero-order valence-electron chi connectivity index (χ0n) is 42.6. The number of hydrogen-bond acceptors (Lipinski definition) is 6. The van der Waals surface area contributed by atoms with Crippen LogP contribution in [0.5, 0.6) is 17.2 Å². The Balaban J connectivity index is 1.31. The molecule has 1 saturated heterocycles. The van der Waals surface area contributed by atoms with Crippen LogP contribution in [0.3, 0.4) is 0 Å². The second-order valence-electron chi connectivity index (χ2n) is 20.2. The monoisotopic (exact) mass is 950 g/mol. The number of fused-ring (bicyclic) bond motifs is 3. The maximum absolute atomic E-state index is 7.98. The SMILES string of the molecule is C=C/C=C\C(C)=C(/C)c1c(C2CCC(c3ccccc3)(c3ccccc3)CC2)c2c(c3cc(SC)c(OC(C(C)C)C(C)C)cc13)OC(c1ccc(OC)cc1)(c1ccc(N3CCOCC3)cc1)C=C2. The molecule has 2 aliphatic heterocycles. The average Bonchev–Trinajstić information content (AvgIpc) is 3.41. The Kier molecular flexibility index (Phi) is 14.8. The smallest absolute Gasteiger partial charge is 0.178 e. The minimum Gasteiger partial charge on any atom is -0.497 e. The first-order chi connectivity index (χ1) is 34.0. The summed E-state index contributed by atoms with van der Waals surface area (Å²) in [6.07, 6.45) is 17.1. The molecule has 1 aliphatic carbocycles. The summed E-state index contributed by atoms with van der Waals surface area (Å²) in [6, 6.07) is 44.6. The lowest BCUT2D eigenvalue weighted by Crippen LogP contribution is -2.37. The highest BCUT2D eigenvalue weighted by atomic mass is 32.2. The molecule has 2 heterocycles. The fourth-order valence-electron chi connectivity index (χ4n) is 11.7. The minimum absolute atomic E-state index is 0.0441. The fraction of sp³-hybridized carbons (Fsp3) is 0.344. The first-order valence-electron chi connectivity index (χ1n) is 25.4. The Morgan fingerprint density at radius 2 is 1.37 bits per heavy atom. The molecule has 0 amide bonds. The van der Waals surface area contributed by atoms with Gasteiger partial charge < -0.3 is 23.8 Å². The lowest BCUT2D eigenvalue weighted by molar-refractivity contribution is 0.102. The summed E-state index contributed by atoms with van der Waals surface area (Å²) in [4.78, 5) is 3.51. The van der Waals surface area contributed by atoms with E-state index in [9.17, 15) is 0 Å². The van der Waals surface area contributed by atoms with Crippen LogP contribution in [0.2, 0.25) is 0 Å². The lowest BCUT2D eigenvalue weighted by atomic mass is 9.61. The third kappa shape index (κ3) is 9.38. The van der Waals surface area contributed by atoms with Crippen LogP contribution in [0.1, 0.15) is 112 Å². The maximum atomic E-state index is 7.98. The molecule has 0 spiro atoms. The first-order valence-corrected chi connectivity index (χ1v) is 26.7. The minimum atomic E-state index is -0.945. The van der Waals surface area contributed by atoms with Gasteiger partial charge in [0.15, 0.2) is 5.60 Å². The second kappa shape index (κ2) is 21.2. The summed E-state index contributed by atoms with van der Waals surface area (Å²) in [6.45, 7) is 20.9. The Hall–Kier alpha value is -5.95. The Labute approximate surface area is 422 Å². The van der Waals surface area contributed by atoms with E-state index in [0.29, 0.717) is 11.8 Å². The van der Waals surface area contributed by atoms with Gasteiger partial charge in [0, 0.05) is 51.2 Å². The number of ether oxygens (including phenoxy) is 4. The summed E-state index contributed by atoms with van der Waals surface area (Å²) < 4.78 is 26.6. The van der Waals surface area contributed by atoms with Crippen LogP contribution < -0.4 is 19.1 Å². The summed E-state index contributed by atoms with van der Waals surface area (Å²) >= 11 is 1.74. The molecule has 1 atom stereocenters. The van der Waals surface area contributed by atoms with Gasteiger partial charge in [0.2, 0.25) is 0 Å². The van der Waals surface area contributed by atoms with Crippen LogP contribution in [-0.4, -0.2) is 45.8 Å². The van der Waals surface area contributed by atoms with Gasteiger partial charge in [-0.3, -0.25) is 0 Å². The van der Waals surface area contributed by atoms with Crippen LogP contribution in [-0.2, 0) is 15.8 Å². The number of benzene rings is 6. The van der Waals surface area contributed by atoms with Gasteiger partial charge in [-0.25, -0.2) is 0 Å². The number of methoxy groups -OCH3 is 1. The van der Waals surface area contributed by atoms with Gasteiger partial charge in [-0.1, -0.05) is 144 Å². The largest absolute Gasteiger partial charge is 0.497 e. The van der Waals surface area contributed by atoms with E-state index < -0.39 is 5.60 Å². The normalized spacial score (nSPS) is 18.6. The zero-order chi connectivity index (χ0) is 49.0. The molecule has 362 valence electrons. The predicted molar refractivity (Wildman–Crippen MR) is 295 cm³/mol. The molecule has 1 unspecified atom stereocenters. The van der Waals surface area contributed by atoms with Crippen molar-refractivity contribution in [1.82, 2.24) is 0 Å². The Morgan fingerprint density at radius 1 is 0.771 bits per heavy atom. The van der Waals surface area contributed by atoms with Crippen LogP contribution in [0.4, 0.5) is 5.69 Å². The molecule has 70 heavy (non-hydrogen) atoms. The van der Waals surface area contributed by atoms with Gasteiger partial charge in [0.1, 0.15) is 23.4 Å². The molecule has 6 aromatic rings. The standard InChI is InChI=1S/C64H71NO4S/c1-10-11-18-45(6)46(7)59-55-41-57(68-61(43(2)3)44(4)5)58(70-9)42-56(55)62-54(60(59)47-31-34-63(35-32-47,48-19-14-12-15-20-48)49-21-16-13-17-22-49)33-36-64(69-62,51-25-29-53(66-8)30-26-51)50-23-27-52(28-24-50)65-37-39-67-40-38-65/h10-30,33,36,41-44,47,61H,1,31-32,34-35,37-40H2,2-9H3/b18-11-,46-45+. The Bertz CT molecular complexity index is 2820. The zero-order valence-corrected chi connectivity index (χ0v) is 43.4. The number of hydrogen-bond donors (Lipinski definition) is 0. The number of allylic oxidation sites excluding steroid dienone is 5. The first kappa shape index (κ1) is 49.0. The number of rotatable bonds is 15. The van der Waals surface area contributed by atoms with Gasteiger partial charge in [0.25, 0.3) is 0 Å². The van der Waals surface area contributed by atoms with E-state index >= 15 is 0 Å². The van der Waals surface area contributed by atoms with Crippen molar-refractivity contribution in [3.63, 3.8) is 0 Å². The van der Waals surface area contributed by atoms with E-state index in [1.807, 2.05) is 6.08 Å². The van der Waals surface area contributed by atoms with E-state index in [-0.39, 0.29) is 17.4 Å². The highest BCUT2D eigenvalue weighted by Gasteiger charge is 2.43. The molecular weight excluding hydrogens is 879 g/mol. The summed E-state index contributed by atoms with van der Waals surface area (Å²) in [7, 11) is 1.72. The highest BCUT2D eigenvalue weighted by Crippen LogP contribution is 2.56. The molecule has 2 fully saturated rings. The van der Waals surface area contributed by atoms with E-state index in [0.717, 1.165) is 102 Å². The summed E-state index contributed by atoms with van der Waals surface area (Å²) in [5.41, 5.74) is 11.3. The summed E-state index contributed by atoms with van der Waals surface area (Å²) in [5.74, 6) is 3.56. The second-order valence-corrected chi connectivity index (χ2v) is 21.0. The van der Waals surface area contributed by atoms with Crippen LogP contribution in [0.25, 0.3) is 22.4 Å². The van der Waals surface area contributed by atoms with E-state index in [1.54, 1.807) is 18.9 Å². The average molecular weight is 950 g/mol. The van der Waals surface area contributed by atoms with Crippen molar-refractivity contribution >= 4 is 39.9 Å². The maximum Gasteiger partial charge on any atom is 0.178 e. The van der Waals surface area contributed by atoms with Gasteiger partial charge >= 0.3 is 0 Å². The molecule has 3 aliphatic rings. The van der Waals surface area contributed by atoms with Gasteiger partial charge in [0.05, 0.1) is 20.3 Å². The van der Waals surface area contributed by atoms with E-state index in [4.69, 9.17) is 18.9 Å². The molecular formula is C64H71NO4S. The van der Waals surface area contributed by atoms with Crippen LogP contribution in [0, 0.1) is 11.8 Å². The van der Waals surface area contributed by atoms with Crippen molar-refractivity contribution in [2.45, 2.75) is 95.2 Å². The van der Waals surface area contributed by atoms with Crippen LogP contribution >= 0.6 is 11.8 Å². The number of anilines is 1. The molecule has 6 aromatic carbocycles. The van der Waals surface area contributed by atoms with Crippen molar-refractivity contribution in [1.29, 1.82) is 0 Å². The number of nitrogens with zero attached hydrogens (tertiary/aromatic N) is 1. The number of morpholine rings is 1. The third-order valence-electron chi connectivity index (χ3n) is 15.5. The van der Waals surface area contributed by atoms with Crippen molar-refractivity contribution < 1.29 is 18.9 Å². The molecule has 6 heteroatoms. The van der Waals surface area contributed by atoms with Crippen molar-refractivity contribution in [3.05, 3.63) is 197 Å². The predicted octanol–water partition coefficient (Wildman–Crippen LogP) is 16.0. The molecule has 0 N–H and O–H groups in total. The van der Waals surface area contributed by atoms with Crippen molar-refractivity contribution in [2.75, 3.05) is 44.6 Å². The van der Waals surface area contributed by atoms with Gasteiger partial charge in [-0.05, 0) is 145 Å². The molecule has 0 radical (unpaired) electrons. The number of thioether (sulfide) groups is 1. The summed E-state index contributed by atoms with van der Waals surface area (Å²) in [5, 5.41) is 2.24. The highest BCUT2D eigenvalue weighted by molar-refractivity contribution is 7.98. The molecule has 0 aromatic heterocycles. The third-order valence-corrected chi connectivity index (χ3v) is 16.2. The topological polar surface area (TPSA) is 40.2 Å². The Morgan fingerprint density at radius 3 is 1.93 bits per heavy atom. The van der Waals surface area contributed by atoms with E-state index in [1.165, 1.54) is 39.1 Å². The molecule has 5 nitrogen and oxygen atoms in total. The quantitative estimate of drug-likeness (QED) is 0.0755. The van der Waals surface area contributed by atoms with Gasteiger partial charge in [-0.15, -0.1) is 11.8 Å². The van der Waals surface area contributed by atoms with Gasteiger partial charge in [-0.2, -0.15) is 0 Å². The van der Waals surface area contributed by atoms with Crippen LogP contribution in [0.15, 0.2) is 163 Å². The lowest BCUT2D eigenvalue weighted by Gasteiger charge is -2.43. The van der Waals surface area contributed by atoms with Crippen molar-refractivity contribution in [3.8, 4) is 17.2 Å². The van der Waals surface area contributed by atoms with E-state index in [2.05, 4.69) is 205 Å². The molecule has 1 saturated carbocycles. The molecule has 0 bridgehead atoms.